The van der Waals surface area contributed by atoms with Crippen molar-refractivity contribution in [2.24, 2.45) is 0 Å². The number of alkyl halides is 8. The molecule has 1 N–H and O–H groups in total. The lowest BCUT2D eigenvalue weighted by molar-refractivity contribution is -0.164. The summed E-state index contributed by atoms with van der Waals surface area (Å²) in [5, 5.41) is 0. The molecular weight excluding hydrogens is 250 g/mol. The van der Waals surface area contributed by atoms with Crippen molar-refractivity contribution in [1.82, 2.24) is 4.98 Å². The molecule has 0 bridgehead atoms. The van der Waals surface area contributed by atoms with E-state index >= 15 is 0 Å². The zero-order valence-corrected chi connectivity index (χ0v) is 7.18. The van der Waals surface area contributed by atoms with Crippen LogP contribution in [0.25, 0.3) is 0 Å². The normalized spacial score (nSPS) is 13.6. The molecule has 0 spiro atoms. The number of H-pyrrole nitrogens is 1. The summed E-state index contributed by atoms with van der Waals surface area (Å²) in [6.07, 6.45) is -14.5. The fraction of sp³-hybridized carbons (Fsp3) is 0.429. The minimum atomic E-state index is -5.49. The highest BCUT2D eigenvalue weighted by atomic mass is 19.4. The van der Waals surface area contributed by atoms with Gasteiger partial charge in [0.2, 0.25) is 0 Å². The molecule has 1 rings (SSSR count). The van der Waals surface area contributed by atoms with Crippen molar-refractivity contribution >= 4 is 0 Å². The Morgan fingerprint density at radius 3 is 1.75 bits per heavy atom. The maximum Gasteiger partial charge on any atom is 0.431 e. The molecule has 16 heavy (non-hydrogen) atoms. The second-order valence-corrected chi connectivity index (χ2v) is 2.79. The van der Waals surface area contributed by atoms with Gasteiger partial charge in [-0.1, -0.05) is 0 Å². The fourth-order valence-electron chi connectivity index (χ4n) is 1.14. The van der Waals surface area contributed by atoms with Gasteiger partial charge < -0.3 is 4.98 Å². The summed E-state index contributed by atoms with van der Waals surface area (Å²) in [5.41, 5.74) is -6.29. The number of aromatic nitrogens is 1. The Balaban J connectivity index is 3.44. The molecule has 0 saturated carbocycles. The van der Waals surface area contributed by atoms with E-state index in [2.05, 4.69) is 0 Å². The SMILES string of the molecule is FC(F)c1c[nH]c(C(F)(F)F)c1C(F)(F)F. The van der Waals surface area contributed by atoms with E-state index in [4.69, 9.17) is 0 Å². The summed E-state index contributed by atoms with van der Waals surface area (Å²) in [7, 11) is 0. The number of halogens is 8. The lowest BCUT2D eigenvalue weighted by Gasteiger charge is -2.12. The Morgan fingerprint density at radius 1 is 0.938 bits per heavy atom. The number of rotatable bonds is 1. The maximum absolute atomic E-state index is 12.2. The summed E-state index contributed by atoms with van der Waals surface area (Å²) in [6.45, 7) is 0. The minimum absolute atomic E-state index is 0.0102. The third-order valence-corrected chi connectivity index (χ3v) is 1.71. The Labute approximate surface area is 83.1 Å². The van der Waals surface area contributed by atoms with Gasteiger partial charge in [0.1, 0.15) is 5.69 Å². The van der Waals surface area contributed by atoms with Gasteiger partial charge >= 0.3 is 12.4 Å². The molecule has 1 aromatic heterocycles. The summed E-state index contributed by atoms with van der Waals surface area (Å²) in [5.74, 6) is 0. The fourth-order valence-corrected chi connectivity index (χ4v) is 1.14. The van der Waals surface area contributed by atoms with Gasteiger partial charge in [-0.3, -0.25) is 0 Å². The molecule has 0 atom stereocenters. The van der Waals surface area contributed by atoms with Gasteiger partial charge in [0, 0.05) is 11.8 Å². The Morgan fingerprint density at radius 2 is 1.44 bits per heavy atom. The van der Waals surface area contributed by atoms with Crippen LogP contribution in [0.3, 0.4) is 0 Å². The molecule has 1 aromatic rings. The average Bonchev–Trinajstić information content (AvgIpc) is 2.43. The second-order valence-electron chi connectivity index (χ2n) is 2.79. The van der Waals surface area contributed by atoms with Gasteiger partial charge in [-0.2, -0.15) is 26.3 Å². The van der Waals surface area contributed by atoms with Crippen molar-refractivity contribution < 1.29 is 35.1 Å². The molecule has 0 aromatic carbocycles. The van der Waals surface area contributed by atoms with Gasteiger partial charge in [-0.15, -0.1) is 0 Å². The Kier molecular flexibility index (Phi) is 2.90. The molecule has 0 aliphatic carbocycles. The van der Waals surface area contributed by atoms with Crippen LogP contribution in [0.2, 0.25) is 0 Å². The Bertz CT molecular complexity index is 371. The van der Waals surface area contributed by atoms with E-state index < -0.39 is 35.6 Å². The number of nitrogens with one attached hydrogen (secondary N) is 1. The molecule has 0 saturated heterocycles. The van der Waals surface area contributed by atoms with E-state index in [0.717, 1.165) is 0 Å². The predicted octanol–water partition coefficient (Wildman–Crippen LogP) is 3.99. The first-order chi connectivity index (χ1) is 7.05. The van der Waals surface area contributed by atoms with E-state index in [1.54, 1.807) is 0 Å². The second kappa shape index (κ2) is 3.63. The zero-order chi connectivity index (χ0) is 12.7. The largest absolute Gasteiger partial charge is 0.431 e. The lowest BCUT2D eigenvalue weighted by atomic mass is 10.1. The van der Waals surface area contributed by atoms with E-state index in [9.17, 15) is 35.1 Å². The first kappa shape index (κ1) is 12.8. The van der Waals surface area contributed by atoms with Gasteiger partial charge in [-0.25, -0.2) is 8.78 Å². The van der Waals surface area contributed by atoms with Crippen molar-refractivity contribution in [3.63, 3.8) is 0 Å². The molecule has 0 radical (unpaired) electrons. The lowest BCUT2D eigenvalue weighted by Crippen LogP contribution is -2.16. The zero-order valence-electron chi connectivity index (χ0n) is 7.18. The van der Waals surface area contributed by atoms with Crippen molar-refractivity contribution in [3.8, 4) is 0 Å². The van der Waals surface area contributed by atoms with Crippen LogP contribution in [0.1, 0.15) is 23.2 Å². The molecular formula is C7H3F8N. The molecule has 92 valence electrons. The third kappa shape index (κ3) is 2.27. The van der Waals surface area contributed by atoms with Gasteiger partial charge in [0.25, 0.3) is 6.43 Å². The quantitative estimate of drug-likeness (QED) is 0.728. The van der Waals surface area contributed by atoms with Crippen LogP contribution in [0, 0.1) is 0 Å². The molecule has 0 aliphatic heterocycles. The average molecular weight is 253 g/mol. The third-order valence-electron chi connectivity index (χ3n) is 1.71. The summed E-state index contributed by atoms with van der Waals surface area (Å²) >= 11 is 0. The first-order valence-corrected chi connectivity index (χ1v) is 3.69. The van der Waals surface area contributed by atoms with Gasteiger partial charge in [0.05, 0.1) is 5.56 Å². The van der Waals surface area contributed by atoms with Crippen LogP contribution in [0.5, 0.6) is 0 Å². The molecule has 0 fully saturated rings. The van der Waals surface area contributed by atoms with Crippen molar-refractivity contribution in [2.45, 2.75) is 18.8 Å². The van der Waals surface area contributed by atoms with Crippen LogP contribution in [-0.2, 0) is 12.4 Å². The minimum Gasteiger partial charge on any atom is -0.357 e. The molecule has 0 aliphatic rings. The highest BCUT2D eigenvalue weighted by molar-refractivity contribution is 5.36. The van der Waals surface area contributed by atoms with Crippen molar-refractivity contribution in [3.05, 3.63) is 23.0 Å². The highest BCUT2D eigenvalue weighted by Gasteiger charge is 2.47. The van der Waals surface area contributed by atoms with Crippen molar-refractivity contribution in [2.75, 3.05) is 0 Å². The van der Waals surface area contributed by atoms with Crippen LogP contribution < -0.4 is 0 Å². The highest BCUT2D eigenvalue weighted by Crippen LogP contribution is 2.44. The van der Waals surface area contributed by atoms with E-state index in [0.29, 0.717) is 0 Å². The van der Waals surface area contributed by atoms with Crippen LogP contribution >= 0.6 is 0 Å². The number of aromatic amines is 1. The smallest absolute Gasteiger partial charge is 0.357 e. The summed E-state index contributed by atoms with van der Waals surface area (Å²) in [6, 6.07) is 0. The topological polar surface area (TPSA) is 15.8 Å². The number of hydrogen-bond acceptors (Lipinski definition) is 0. The predicted molar refractivity (Wildman–Crippen MR) is 35.8 cm³/mol. The molecule has 1 nitrogen and oxygen atoms in total. The molecule has 9 heteroatoms. The van der Waals surface area contributed by atoms with E-state index in [-0.39, 0.29) is 6.20 Å². The molecule has 0 amide bonds. The molecule has 0 unspecified atom stereocenters. The van der Waals surface area contributed by atoms with Gasteiger partial charge in [-0.05, 0) is 0 Å². The van der Waals surface area contributed by atoms with Crippen molar-refractivity contribution in [1.29, 1.82) is 0 Å². The van der Waals surface area contributed by atoms with Crippen LogP contribution in [-0.4, -0.2) is 4.98 Å². The standard InChI is InChI=1S/C7H3F8N/c8-5(9)2-1-16-4(7(13,14)15)3(2)6(10,11)12/h1,5,16H. The maximum atomic E-state index is 12.2. The summed E-state index contributed by atoms with van der Waals surface area (Å²) in [4.78, 5) is 1.18. The van der Waals surface area contributed by atoms with E-state index in [1.807, 2.05) is 0 Å². The van der Waals surface area contributed by atoms with Crippen LogP contribution in [0.4, 0.5) is 35.1 Å². The van der Waals surface area contributed by atoms with Crippen LogP contribution in [0.15, 0.2) is 6.20 Å². The number of hydrogen-bond donors (Lipinski definition) is 1. The Hall–Kier alpha value is -1.28. The monoisotopic (exact) mass is 253 g/mol. The first-order valence-electron chi connectivity index (χ1n) is 3.69. The summed E-state index contributed by atoms with van der Waals surface area (Å²) < 4.78 is 96.9. The van der Waals surface area contributed by atoms with E-state index in [1.165, 1.54) is 4.98 Å². The molecule has 1 heterocycles. The van der Waals surface area contributed by atoms with Gasteiger partial charge in [0.15, 0.2) is 0 Å².